The largest absolute Gasteiger partial charge is 0.305 e. The molecule has 1 aromatic heterocycles. The summed E-state index contributed by atoms with van der Waals surface area (Å²) in [4.78, 5) is 6.49. The molecule has 0 unspecified atom stereocenters. The fraction of sp³-hybridized carbons (Fsp3) is 0.235. The normalized spacial score (nSPS) is 10.2. The Morgan fingerprint density at radius 3 is 2.65 bits per heavy atom. The van der Waals surface area contributed by atoms with E-state index in [1.807, 2.05) is 33.2 Å². The first-order valence-electron chi connectivity index (χ1n) is 6.43. The molecule has 1 heterocycles. The van der Waals surface area contributed by atoms with Crippen LogP contribution >= 0.6 is 0 Å². The van der Waals surface area contributed by atoms with Gasteiger partial charge in [-0.1, -0.05) is 12.0 Å². The lowest BCUT2D eigenvalue weighted by Crippen LogP contribution is -2.11. The van der Waals surface area contributed by atoms with Gasteiger partial charge >= 0.3 is 0 Å². The molecule has 1 aromatic carbocycles. The van der Waals surface area contributed by atoms with Crippen molar-refractivity contribution < 1.29 is 4.39 Å². The van der Waals surface area contributed by atoms with Crippen LogP contribution in [0.15, 0.2) is 36.4 Å². The number of pyridine rings is 1. The first-order chi connectivity index (χ1) is 9.52. The van der Waals surface area contributed by atoms with Crippen molar-refractivity contribution >= 4 is 0 Å². The van der Waals surface area contributed by atoms with Gasteiger partial charge in [-0.15, -0.1) is 0 Å². The monoisotopic (exact) mass is 268 g/mol. The fourth-order valence-electron chi connectivity index (χ4n) is 1.96. The van der Waals surface area contributed by atoms with Gasteiger partial charge in [0, 0.05) is 17.8 Å². The van der Waals surface area contributed by atoms with E-state index in [0.29, 0.717) is 11.3 Å². The van der Waals surface area contributed by atoms with Crippen LogP contribution in [0, 0.1) is 24.6 Å². The highest BCUT2D eigenvalue weighted by Crippen LogP contribution is 2.07. The van der Waals surface area contributed by atoms with Crippen LogP contribution in [0.25, 0.3) is 0 Å². The lowest BCUT2D eigenvalue weighted by Gasteiger charge is -2.10. The van der Waals surface area contributed by atoms with Gasteiger partial charge in [0.15, 0.2) is 0 Å². The van der Waals surface area contributed by atoms with Crippen LogP contribution < -0.4 is 0 Å². The Labute approximate surface area is 119 Å². The van der Waals surface area contributed by atoms with Crippen LogP contribution in [0.2, 0.25) is 0 Å². The van der Waals surface area contributed by atoms with Gasteiger partial charge in [-0.25, -0.2) is 9.37 Å². The van der Waals surface area contributed by atoms with E-state index in [1.54, 1.807) is 12.1 Å². The Hall–Kier alpha value is -2.18. The fourth-order valence-corrected chi connectivity index (χ4v) is 1.96. The lowest BCUT2D eigenvalue weighted by atomic mass is 10.1. The Kier molecular flexibility index (Phi) is 4.49. The quantitative estimate of drug-likeness (QED) is 0.778. The number of halogens is 1. The van der Waals surface area contributed by atoms with Gasteiger partial charge in [0.1, 0.15) is 11.5 Å². The smallest absolute Gasteiger partial charge is 0.124 e. The van der Waals surface area contributed by atoms with Crippen LogP contribution in [-0.2, 0) is 6.54 Å². The topological polar surface area (TPSA) is 16.1 Å². The minimum absolute atomic E-state index is 0.276. The van der Waals surface area contributed by atoms with Gasteiger partial charge < -0.3 is 4.90 Å². The van der Waals surface area contributed by atoms with E-state index >= 15 is 0 Å². The predicted octanol–water partition coefficient (Wildman–Crippen LogP) is 2.99. The van der Waals surface area contributed by atoms with Crippen molar-refractivity contribution in [1.82, 2.24) is 9.88 Å². The van der Waals surface area contributed by atoms with Crippen molar-refractivity contribution in [3.63, 3.8) is 0 Å². The van der Waals surface area contributed by atoms with Gasteiger partial charge in [0.2, 0.25) is 0 Å². The summed E-state index contributed by atoms with van der Waals surface area (Å²) in [6, 6.07) is 10.3. The number of benzene rings is 1. The molecule has 0 fully saturated rings. The molecule has 20 heavy (non-hydrogen) atoms. The molecular weight excluding hydrogens is 251 g/mol. The molecule has 0 saturated carbocycles. The molecule has 3 heteroatoms. The van der Waals surface area contributed by atoms with Crippen molar-refractivity contribution in [2.75, 3.05) is 14.1 Å². The SMILES string of the molecule is Cc1cc(CN(C)C)cc(C#Cc2cccc(F)c2)n1. The molecule has 102 valence electrons. The zero-order valence-electron chi connectivity index (χ0n) is 11.9. The van der Waals surface area contributed by atoms with Gasteiger partial charge in [-0.2, -0.15) is 0 Å². The molecule has 2 nitrogen and oxygen atoms in total. The molecule has 0 bridgehead atoms. The summed E-state index contributed by atoms with van der Waals surface area (Å²) in [6.45, 7) is 2.80. The molecule has 0 N–H and O–H groups in total. The lowest BCUT2D eigenvalue weighted by molar-refractivity contribution is 0.402. The van der Waals surface area contributed by atoms with E-state index in [0.717, 1.165) is 12.2 Å². The van der Waals surface area contributed by atoms with Crippen LogP contribution in [0.3, 0.4) is 0 Å². The van der Waals surface area contributed by atoms with Crippen LogP contribution in [0.1, 0.15) is 22.5 Å². The number of hydrogen-bond acceptors (Lipinski definition) is 2. The summed E-state index contributed by atoms with van der Waals surface area (Å²) >= 11 is 0. The Morgan fingerprint density at radius 2 is 1.95 bits per heavy atom. The number of aryl methyl sites for hydroxylation is 1. The van der Waals surface area contributed by atoms with Crippen molar-refractivity contribution in [2.24, 2.45) is 0 Å². The molecule has 0 spiro atoms. The van der Waals surface area contributed by atoms with E-state index in [-0.39, 0.29) is 5.82 Å². The second kappa shape index (κ2) is 6.31. The first-order valence-corrected chi connectivity index (χ1v) is 6.43. The molecule has 0 aliphatic carbocycles. The number of aromatic nitrogens is 1. The third-order valence-electron chi connectivity index (χ3n) is 2.67. The second-order valence-corrected chi connectivity index (χ2v) is 5.00. The maximum atomic E-state index is 13.1. The number of nitrogens with zero attached hydrogens (tertiary/aromatic N) is 2. The van der Waals surface area contributed by atoms with Crippen LogP contribution in [0.5, 0.6) is 0 Å². The molecule has 0 amide bonds. The third-order valence-corrected chi connectivity index (χ3v) is 2.67. The molecule has 0 aliphatic rings. The van der Waals surface area contributed by atoms with Gasteiger partial charge in [-0.05, 0) is 62.8 Å². The molecule has 2 aromatic rings. The van der Waals surface area contributed by atoms with E-state index in [1.165, 1.54) is 17.7 Å². The molecular formula is C17H17FN2. The predicted molar refractivity (Wildman–Crippen MR) is 78.7 cm³/mol. The molecule has 0 radical (unpaired) electrons. The number of hydrogen-bond donors (Lipinski definition) is 0. The molecule has 2 rings (SSSR count). The second-order valence-electron chi connectivity index (χ2n) is 5.00. The summed E-state index contributed by atoms with van der Waals surface area (Å²) in [5, 5.41) is 0. The standard InChI is InChI=1S/C17H17FN2/c1-13-9-15(12-20(2)3)11-17(19-13)8-7-14-5-4-6-16(18)10-14/h4-6,9-11H,12H2,1-3H3. The van der Waals surface area contributed by atoms with Crippen LogP contribution in [0.4, 0.5) is 4.39 Å². The maximum Gasteiger partial charge on any atom is 0.124 e. The zero-order valence-corrected chi connectivity index (χ0v) is 11.9. The third kappa shape index (κ3) is 4.18. The highest BCUT2D eigenvalue weighted by Gasteiger charge is 2.00. The summed E-state index contributed by atoms with van der Waals surface area (Å²) < 4.78 is 13.1. The Bertz CT molecular complexity index is 666. The van der Waals surface area contributed by atoms with E-state index in [4.69, 9.17) is 0 Å². The van der Waals surface area contributed by atoms with Gasteiger partial charge in [0.05, 0.1) is 0 Å². The highest BCUT2D eigenvalue weighted by atomic mass is 19.1. The average molecular weight is 268 g/mol. The van der Waals surface area contributed by atoms with Crippen molar-refractivity contribution in [2.45, 2.75) is 13.5 Å². The van der Waals surface area contributed by atoms with Crippen molar-refractivity contribution in [1.29, 1.82) is 0 Å². The molecule has 0 saturated heterocycles. The minimum Gasteiger partial charge on any atom is -0.305 e. The Morgan fingerprint density at radius 1 is 1.15 bits per heavy atom. The van der Waals surface area contributed by atoms with Crippen molar-refractivity contribution in [3.8, 4) is 11.8 Å². The van der Waals surface area contributed by atoms with Gasteiger partial charge in [0.25, 0.3) is 0 Å². The summed E-state index contributed by atoms with van der Waals surface area (Å²) in [6.07, 6.45) is 0. The van der Waals surface area contributed by atoms with Crippen molar-refractivity contribution in [3.05, 3.63) is 64.7 Å². The minimum atomic E-state index is -0.276. The van der Waals surface area contributed by atoms with E-state index in [9.17, 15) is 4.39 Å². The molecule has 0 aliphatic heterocycles. The van der Waals surface area contributed by atoms with E-state index < -0.39 is 0 Å². The van der Waals surface area contributed by atoms with Gasteiger partial charge in [-0.3, -0.25) is 0 Å². The van der Waals surface area contributed by atoms with Crippen LogP contribution in [-0.4, -0.2) is 24.0 Å². The summed E-state index contributed by atoms with van der Waals surface area (Å²) in [5.74, 6) is 5.66. The average Bonchev–Trinajstić information content (AvgIpc) is 2.35. The highest BCUT2D eigenvalue weighted by molar-refractivity contribution is 5.41. The summed E-state index contributed by atoms with van der Waals surface area (Å²) in [5.41, 5.74) is 3.48. The zero-order chi connectivity index (χ0) is 14.5. The molecule has 0 atom stereocenters. The maximum absolute atomic E-state index is 13.1. The summed E-state index contributed by atoms with van der Waals surface area (Å²) in [7, 11) is 4.04. The Balaban J connectivity index is 2.28. The van der Waals surface area contributed by atoms with E-state index in [2.05, 4.69) is 21.7 Å². The first kappa shape index (κ1) is 14.2. The number of rotatable bonds is 2.